The zero-order valence-corrected chi connectivity index (χ0v) is 39.0. The molecular formula is C46H61N9O12S. The highest BCUT2D eigenvalue weighted by molar-refractivity contribution is 7.98. The number of phenolic OH excluding ortho intramolecular Hbond substituents is 2. The molecule has 0 aromatic heterocycles. The van der Waals surface area contributed by atoms with Crippen molar-refractivity contribution >= 4 is 65.0 Å². The highest BCUT2D eigenvalue weighted by Crippen LogP contribution is 2.15. The lowest BCUT2D eigenvalue weighted by Crippen LogP contribution is -2.61. The monoisotopic (exact) mass is 963 g/mol. The molecule has 0 aliphatic rings. The van der Waals surface area contributed by atoms with Gasteiger partial charge in [0.15, 0.2) is 0 Å². The molecule has 3 aromatic rings. The van der Waals surface area contributed by atoms with Crippen molar-refractivity contribution < 1.29 is 58.5 Å². The van der Waals surface area contributed by atoms with Crippen LogP contribution in [0.2, 0.25) is 0 Å². The molecule has 0 saturated carbocycles. The number of carbonyl (C=O) groups is 9. The summed E-state index contributed by atoms with van der Waals surface area (Å²) in [6, 6.07) is 10.4. The Balaban J connectivity index is 1.91. The number of carboxylic acid groups (broad SMARTS) is 1. The van der Waals surface area contributed by atoms with Crippen molar-refractivity contribution in [2.45, 2.75) is 95.2 Å². The molecule has 0 radical (unpaired) electrons. The summed E-state index contributed by atoms with van der Waals surface area (Å²) in [5.74, 6) is -8.54. The molecule has 0 bridgehead atoms. The molecule has 0 heterocycles. The molecule has 3 aromatic carbocycles. The third kappa shape index (κ3) is 18.6. The summed E-state index contributed by atoms with van der Waals surface area (Å²) in [4.78, 5) is 119. The normalized spacial score (nSPS) is 14.0. The van der Waals surface area contributed by atoms with E-state index in [1.807, 2.05) is 0 Å². The Hall–Kier alpha value is -7.20. The van der Waals surface area contributed by atoms with Gasteiger partial charge in [0.1, 0.15) is 53.8 Å². The Labute approximate surface area is 397 Å². The zero-order chi connectivity index (χ0) is 50.5. The van der Waals surface area contributed by atoms with Gasteiger partial charge >= 0.3 is 5.97 Å². The SMILES string of the molecule is CSCC[C@H](NC(=O)[C@H](C)NC(=O)[C@@H](NC(=O)[C@H](CC(N)=O)NC(=O)[C@H](Cc1ccccc1)NC(=O)[C@H](Cc1ccc(O)cc1)NC(=O)[C@H](Cc1ccc(O)cc1)NC(=O)CN)C(C)C)C(=O)O. The van der Waals surface area contributed by atoms with E-state index in [-0.39, 0.29) is 37.2 Å². The fourth-order valence-corrected chi connectivity index (χ4v) is 7.11. The summed E-state index contributed by atoms with van der Waals surface area (Å²) in [6.45, 7) is 4.04. The first kappa shape index (κ1) is 55.1. The average Bonchev–Trinajstić information content (AvgIpc) is 3.29. The molecule has 0 aliphatic heterocycles. The van der Waals surface area contributed by atoms with Gasteiger partial charge in [0.05, 0.1) is 13.0 Å². The summed E-state index contributed by atoms with van der Waals surface area (Å²) in [7, 11) is 0. The molecule has 8 amide bonds. The van der Waals surface area contributed by atoms with E-state index in [0.29, 0.717) is 22.4 Å². The Bertz CT molecular complexity index is 2210. The standard InChI is InChI=1S/C46H61N9O12S/c1-25(2)39(45(65)49-26(3)40(60)51-32(46(66)67)18-19-68-4)55-44(64)36(23-37(48)58)54-43(63)34(20-27-8-6-5-7-9-27)53-42(62)35(22-29-12-16-31(57)17-13-29)52-41(61)33(50-38(59)24-47)21-28-10-14-30(56)15-11-28/h5-17,25-26,32-36,39,56-57H,18-24,47H2,1-4H3,(H2,48,58)(H,49,65)(H,50,59)(H,51,60)(H,52,61)(H,53,62)(H,54,63)(H,55,64)(H,66,67)/t26-,32-,33-,34-,35-,36-,39-/m0/s1. The number of aromatic hydroxyl groups is 2. The molecule has 22 heteroatoms. The maximum Gasteiger partial charge on any atom is 0.326 e. The lowest BCUT2D eigenvalue weighted by Gasteiger charge is -2.28. The van der Waals surface area contributed by atoms with Crippen molar-refractivity contribution in [3.8, 4) is 11.5 Å². The highest BCUT2D eigenvalue weighted by atomic mass is 32.2. The molecular weight excluding hydrogens is 903 g/mol. The van der Waals surface area contributed by atoms with Crippen LogP contribution in [0, 0.1) is 5.92 Å². The van der Waals surface area contributed by atoms with Gasteiger partial charge in [0, 0.05) is 19.3 Å². The molecule has 0 saturated heterocycles. The zero-order valence-electron chi connectivity index (χ0n) is 38.2. The van der Waals surface area contributed by atoms with Crippen molar-refractivity contribution in [2.24, 2.45) is 17.4 Å². The lowest BCUT2D eigenvalue weighted by molar-refractivity contribution is -0.142. The number of nitrogens with two attached hydrogens (primary N) is 2. The van der Waals surface area contributed by atoms with E-state index in [4.69, 9.17) is 11.5 Å². The Kier molecular flexibility index (Phi) is 22.2. The van der Waals surface area contributed by atoms with Gasteiger partial charge in [0.2, 0.25) is 47.3 Å². The van der Waals surface area contributed by atoms with E-state index in [1.165, 1.54) is 67.2 Å². The number of rotatable bonds is 27. The maximum absolute atomic E-state index is 14.4. The molecule has 14 N–H and O–H groups in total. The number of aliphatic carboxylic acids is 1. The third-order valence-corrected chi connectivity index (χ3v) is 11.0. The maximum atomic E-state index is 14.4. The number of carboxylic acids is 1. The van der Waals surface area contributed by atoms with Crippen LogP contribution in [-0.4, -0.2) is 129 Å². The minimum absolute atomic E-state index is 0.0333. The van der Waals surface area contributed by atoms with Gasteiger partial charge in [-0.1, -0.05) is 68.4 Å². The van der Waals surface area contributed by atoms with Crippen LogP contribution in [0.25, 0.3) is 0 Å². The lowest BCUT2D eigenvalue weighted by atomic mass is 10.00. The van der Waals surface area contributed by atoms with Gasteiger partial charge < -0.3 is 64.0 Å². The first-order chi connectivity index (χ1) is 32.2. The topological polar surface area (TPSA) is 351 Å². The fraction of sp³-hybridized carbons (Fsp3) is 0.413. The van der Waals surface area contributed by atoms with Crippen molar-refractivity contribution in [2.75, 3.05) is 18.6 Å². The van der Waals surface area contributed by atoms with Gasteiger partial charge in [-0.25, -0.2) is 4.79 Å². The third-order valence-electron chi connectivity index (χ3n) is 10.4. The van der Waals surface area contributed by atoms with Crippen molar-refractivity contribution in [1.29, 1.82) is 0 Å². The Morgan fingerprint density at radius 3 is 1.40 bits per heavy atom. The molecule has 0 unspecified atom stereocenters. The van der Waals surface area contributed by atoms with E-state index in [1.54, 1.807) is 50.4 Å². The molecule has 3 rings (SSSR count). The van der Waals surface area contributed by atoms with Crippen molar-refractivity contribution in [3.63, 3.8) is 0 Å². The van der Waals surface area contributed by atoms with E-state index >= 15 is 0 Å². The number of carbonyl (C=O) groups excluding carboxylic acids is 8. The fourth-order valence-electron chi connectivity index (χ4n) is 6.64. The predicted octanol–water partition coefficient (Wildman–Crippen LogP) is -1.13. The number of thioether (sulfide) groups is 1. The number of phenols is 2. The smallest absolute Gasteiger partial charge is 0.326 e. The summed E-state index contributed by atoms with van der Waals surface area (Å²) < 4.78 is 0. The predicted molar refractivity (Wildman–Crippen MR) is 251 cm³/mol. The van der Waals surface area contributed by atoms with E-state index in [9.17, 15) is 58.5 Å². The van der Waals surface area contributed by atoms with Gasteiger partial charge in [-0.2, -0.15) is 11.8 Å². The Morgan fingerprint density at radius 2 is 0.971 bits per heavy atom. The van der Waals surface area contributed by atoms with Crippen LogP contribution in [0.15, 0.2) is 78.9 Å². The number of hydrogen-bond donors (Lipinski definition) is 12. The minimum Gasteiger partial charge on any atom is -0.508 e. The van der Waals surface area contributed by atoms with E-state index < -0.39 is 114 Å². The van der Waals surface area contributed by atoms with Crippen molar-refractivity contribution in [1.82, 2.24) is 37.2 Å². The number of primary amides is 1. The largest absolute Gasteiger partial charge is 0.508 e. The van der Waals surface area contributed by atoms with Gasteiger partial charge in [-0.05, 0) is 72.2 Å². The number of hydrogen-bond acceptors (Lipinski definition) is 13. The second-order valence-corrected chi connectivity index (χ2v) is 17.2. The summed E-state index contributed by atoms with van der Waals surface area (Å²) in [5.41, 5.74) is 12.6. The summed E-state index contributed by atoms with van der Waals surface area (Å²) in [6.07, 6.45) is 0.729. The van der Waals surface area contributed by atoms with Crippen LogP contribution in [0.5, 0.6) is 11.5 Å². The van der Waals surface area contributed by atoms with Crippen LogP contribution in [0.1, 0.15) is 50.3 Å². The van der Waals surface area contributed by atoms with Crippen LogP contribution >= 0.6 is 11.8 Å². The van der Waals surface area contributed by atoms with E-state index in [2.05, 4.69) is 37.2 Å². The van der Waals surface area contributed by atoms with Crippen LogP contribution in [0.3, 0.4) is 0 Å². The molecule has 0 aliphatic carbocycles. The van der Waals surface area contributed by atoms with Crippen molar-refractivity contribution in [3.05, 3.63) is 95.6 Å². The second kappa shape index (κ2) is 27.4. The summed E-state index contributed by atoms with van der Waals surface area (Å²) >= 11 is 1.39. The second-order valence-electron chi connectivity index (χ2n) is 16.3. The van der Waals surface area contributed by atoms with Gasteiger partial charge in [0.25, 0.3) is 0 Å². The average molecular weight is 964 g/mol. The highest BCUT2D eigenvalue weighted by Gasteiger charge is 2.35. The molecule has 7 atom stereocenters. The number of nitrogens with one attached hydrogen (secondary N) is 7. The molecule has 0 fully saturated rings. The quantitative estimate of drug-likeness (QED) is 0.0430. The number of benzene rings is 3. The first-order valence-corrected chi connectivity index (χ1v) is 23.0. The number of amides is 8. The molecule has 68 heavy (non-hydrogen) atoms. The van der Waals surface area contributed by atoms with Gasteiger partial charge in [-0.3, -0.25) is 38.4 Å². The van der Waals surface area contributed by atoms with Gasteiger partial charge in [-0.15, -0.1) is 0 Å². The Morgan fingerprint density at radius 1 is 0.544 bits per heavy atom. The van der Waals surface area contributed by atoms with Crippen LogP contribution in [0.4, 0.5) is 0 Å². The first-order valence-electron chi connectivity index (χ1n) is 21.6. The summed E-state index contributed by atoms with van der Waals surface area (Å²) in [5, 5.41) is 46.9. The van der Waals surface area contributed by atoms with Crippen LogP contribution in [-0.2, 0) is 62.4 Å². The van der Waals surface area contributed by atoms with Crippen LogP contribution < -0.4 is 48.7 Å². The molecule has 368 valence electrons. The molecule has 0 spiro atoms. The van der Waals surface area contributed by atoms with E-state index in [0.717, 1.165) is 0 Å². The minimum atomic E-state index is -1.70. The molecule has 21 nitrogen and oxygen atoms in total.